The van der Waals surface area contributed by atoms with E-state index in [0.29, 0.717) is 40.9 Å². The van der Waals surface area contributed by atoms with Gasteiger partial charge in [0.05, 0.1) is 25.3 Å². The van der Waals surface area contributed by atoms with Gasteiger partial charge in [0.15, 0.2) is 0 Å². The highest BCUT2D eigenvalue weighted by atomic mass is 35.5. The molecule has 0 aromatic heterocycles. The fourth-order valence-corrected chi connectivity index (χ4v) is 4.21. The highest BCUT2D eigenvalue weighted by Crippen LogP contribution is 2.35. The Morgan fingerprint density at radius 2 is 2.15 bits per heavy atom. The van der Waals surface area contributed by atoms with Crippen molar-refractivity contribution in [1.82, 2.24) is 4.90 Å². The molecule has 2 aliphatic rings. The van der Waals surface area contributed by atoms with Gasteiger partial charge in [-0.25, -0.2) is 9.79 Å². The maximum Gasteiger partial charge on any atom is 0.336 e. The highest BCUT2D eigenvalue weighted by molar-refractivity contribution is 6.29. The molecule has 0 bridgehead atoms. The fraction of sp³-hybridized carbons (Fsp3) is 0.423. The number of hydrogen-bond acceptors (Lipinski definition) is 6. The Hall–Kier alpha value is -2.90. The topological polar surface area (TPSA) is 77.4 Å². The van der Waals surface area contributed by atoms with Crippen molar-refractivity contribution in [3.63, 3.8) is 0 Å². The molecule has 0 aliphatic carbocycles. The predicted octanol–water partition coefficient (Wildman–Crippen LogP) is 4.77. The number of benzene rings is 1. The lowest BCUT2D eigenvalue weighted by Crippen LogP contribution is -2.43. The Bertz CT molecular complexity index is 1020. The van der Waals surface area contributed by atoms with E-state index in [1.54, 1.807) is 31.9 Å². The van der Waals surface area contributed by atoms with Gasteiger partial charge in [0.25, 0.3) is 0 Å². The molecule has 1 fully saturated rings. The van der Waals surface area contributed by atoms with Crippen LogP contribution in [-0.2, 0) is 25.7 Å². The molecule has 7 nitrogen and oxygen atoms in total. The summed E-state index contributed by atoms with van der Waals surface area (Å²) in [5.41, 5.74) is 2.19. The van der Waals surface area contributed by atoms with Crippen LogP contribution in [0.5, 0.6) is 5.75 Å². The molecule has 3 rings (SSSR count). The highest BCUT2D eigenvalue weighted by Gasteiger charge is 2.38. The fourth-order valence-electron chi connectivity index (χ4n) is 4.16. The van der Waals surface area contributed by atoms with Crippen LogP contribution in [0.1, 0.15) is 38.7 Å². The molecule has 2 aliphatic heterocycles. The van der Waals surface area contributed by atoms with Crippen molar-refractivity contribution < 1.29 is 23.8 Å². The van der Waals surface area contributed by atoms with Gasteiger partial charge in [0.1, 0.15) is 17.5 Å². The summed E-state index contributed by atoms with van der Waals surface area (Å²) in [5, 5.41) is 0.296. The first-order chi connectivity index (χ1) is 16.3. The Morgan fingerprint density at radius 3 is 2.82 bits per heavy atom. The minimum atomic E-state index is -0.566. The van der Waals surface area contributed by atoms with Gasteiger partial charge in [-0.2, -0.15) is 0 Å². The van der Waals surface area contributed by atoms with Crippen LogP contribution in [0.3, 0.4) is 0 Å². The number of hydrogen-bond donors (Lipinski definition) is 0. The Labute approximate surface area is 205 Å². The van der Waals surface area contributed by atoms with E-state index in [4.69, 9.17) is 25.8 Å². The number of para-hydroxylation sites is 1. The third-order valence-electron chi connectivity index (χ3n) is 6.04. The number of rotatable bonds is 9. The smallest absolute Gasteiger partial charge is 0.336 e. The van der Waals surface area contributed by atoms with Crippen molar-refractivity contribution in [2.75, 3.05) is 20.3 Å². The Kier molecular flexibility index (Phi) is 9.07. The van der Waals surface area contributed by atoms with Gasteiger partial charge in [-0.05, 0) is 38.3 Å². The lowest BCUT2D eigenvalue weighted by molar-refractivity contribution is -0.142. The van der Waals surface area contributed by atoms with Gasteiger partial charge < -0.3 is 19.1 Å². The number of carbonyl (C=O) groups excluding carboxylic acids is 2. The predicted molar refractivity (Wildman–Crippen MR) is 132 cm³/mol. The van der Waals surface area contributed by atoms with E-state index in [9.17, 15) is 9.59 Å². The molecule has 1 aromatic rings. The van der Waals surface area contributed by atoms with E-state index in [1.807, 2.05) is 24.3 Å². The number of ether oxygens (including phenoxy) is 3. The molecule has 2 heterocycles. The van der Waals surface area contributed by atoms with Gasteiger partial charge in [-0.3, -0.25) is 4.79 Å². The Morgan fingerprint density at radius 1 is 1.38 bits per heavy atom. The van der Waals surface area contributed by atoms with Crippen molar-refractivity contribution in [3.8, 4) is 5.75 Å². The van der Waals surface area contributed by atoms with Crippen molar-refractivity contribution in [2.24, 2.45) is 10.9 Å². The number of nitrogens with zero attached hydrogens (tertiary/aromatic N) is 2. The molecule has 0 N–H and O–H groups in total. The largest absolute Gasteiger partial charge is 0.496 e. The summed E-state index contributed by atoms with van der Waals surface area (Å²) in [5.74, 6) is -0.534. The average molecular weight is 487 g/mol. The van der Waals surface area contributed by atoms with Crippen LogP contribution >= 0.6 is 11.6 Å². The van der Waals surface area contributed by atoms with Crippen LogP contribution in [0.2, 0.25) is 0 Å². The SMILES string of the molecule is C=C(/C=N\C(Cl)=C/C)[C@@H]1CC(=O)N(C[C@@H]2CCCO2)C(C)=C1C(=O)OCc1ccccc1OC. The molecular weight excluding hydrogens is 456 g/mol. The minimum Gasteiger partial charge on any atom is -0.496 e. The first kappa shape index (κ1) is 25.7. The van der Waals surface area contributed by atoms with Crippen LogP contribution < -0.4 is 4.74 Å². The maximum absolute atomic E-state index is 13.4. The zero-order valence-corrected chi connectivity index (χ0v) is 20.6. The first-order valence-electron chi connectivity index (χ1n) is 11.3. The quantitative estimate of drug-likeness (QED) is 0.285. The number of amides is 1. The number of allylic oxidation sites excluding steroid dienone is 3. The van der Waals surface area contributed by atoms with Crippen molar-refractivity contribution >= 4 is 29.7 Å². The summed E-state index contributed by atoms with van der Waals surface area (Å²) >= 11 is 5.99. The molecule has 34 heavy (non-hydrogen) atoms. The molecule has 0 unspecified atom stereocenters. The van der Waals surface area contributed by atoms with E-state index in [-0.39, 0.29) is 25.0 Å². The number of halogens is 1. The molecule has 1 aromatic carbocycles. The van der Waals surface area contributed by atoms with Crippen molar-refractivity contribution in [3.05, 3.63) is 64.5 Å². The number of carbonyl (C=O) groups is 2. The average Bonchev–Trinajstić information content (AvgIpc) is 3.36. The second-order valence-electron chi connectivity index (χ2n) is 8.23. The molecule has 1 amide bonds. The summed E-state index contributed by atoms with van der Waals surface area (Å²) in [6.45, 7) is 8.73. The van der Waals surface area contributed by atoms with E-state index in [1.165, 1.54) is 6.21 Å². The molecule has 182 valence electrons. The zero-order chi connectivity index (χ0) is 24.7. The van der Waals surface area contributed by atoms with Gasteiger partial charge >= 0.3 is 5.97 Å². The van der Waals surface area contributed by atoms with E-state index in [0.717, 1.165) is 18.4 Å². The van der Waals surface area contributed by atoms with Gasteiger partial charge in [-0.15, -0.1) is 0 Å². The standard InChI is InChI=1S/C26H31ClN2O5/c1-5-23(27)28-14-17(2)21-13-24(30)29(15-20-10-8-12-33-20)18(3)25(21)26(31)34-16-19-9-6-7-11-22(19)32-4/h5-7,9,11,14,20-21H,2,8,10,12-13,15-16H2,1,3-4H3/b23-5-,28-14-/t20-,21-/m0/s1. The monoisotopic (exact) mass is 486 g/mol. The van der Waals surface area contributed by atoms with Crippen LogP contribution in [0, 0.1) is 5.92 Å². The molecular formula is C26H31ClN2O5. The van der Waals surface area contributed by atoms with E-state index in [2.05, 4.69) is 11.6 Å². The molecule has 8 heteroatoms. The summed E-state index contributed by atoms with van der Waals surface area (Å²) in [4.78, 5) is 32.2. The lowest BCUT2D eigenvalue weighted by Gasteiger charge is -2.35. The molecule has 0 spiro atoms. The van der Waals surface area contributed by atoms with Gasteiger partial charge in [-0.1, -0.05) is 42.5 Å². The van der Waals surface area contributed by atoms with Crippen molar-refractivity contribution in [2.45, 2.75) is 45.8 Å². The van der Waals surface area contributed by atoms with Crippen LogP contribution in [0.15, 0.2) is 63.9 Å². The summed E-state index contributed by atoms with van der Waals surface area (Å²) in [6, 6.07) is 7.35. The van der Waals surface area contributed by atoms with Crippen LogP contribution in [-0.4, -0.2) is 49.4 Å². The summed E-state index contributed by atoms with van der Waals surface area (Å²) in [7, 11) is 1.57. The number of esters is 1. The summed E-state index contributed by atoms with van der Waals surface area (Å²) < 4.78 is 16.8. The maximum atomic E-state index is 13.4. The molecule has 2 atom stereocenters. The van der Waals surface area contributed by atoms with Gasteiger partial charge in [0.2, 0.25) is 5.91 Å². The molecule has 0 saturated carbocycles. The number of methoxy groups -OCH3 is 1. The summed E-state index contributed by atoms with van der Waals surface area (Å²) in [6.07, 6.45) is 5.03. The molecule has 1 saturated heterocycles. The van der Waals surface area contributed by atoms with Crippen LogP contribution in [0.25, 0.3) is 0 Å². The Balaban J connectivity index is 1.89. The van der Waals surface area contributed by atoms with Gasteiger partial charge in [0, 0.05) is 36.4 Å². The second-order valence-corrected chi connectivity index (χ2v) is 8.61. The second kappa shape index (κ2) is 12.0. The van der Waals surface area contributed by atoms with Crippen LogP contribution in [0.4, 0.5) is 0 Å². The third-order valence-corrected chi connectivity index (χ3v) is 6.36. The minimum absolute atomic E-state index is 0.0387. The van der Waals surface area contributed by atoms with E-state index < -0.39 is 11.9 Å². The first-order valence-corrected chi connectivity index (χ1v) is 11.7. The van der Waals surface area contributed by atoms with Crippen molar-refractivity contribution in [1.29, 1.82) is 0 Å². The number of aliphatic imine (C=N–C) groups is 1. The van der Waals surface area contributed by atoms with E-state index >= 15 is 0 Å². The zero-order valence-electron chi connectivity index (χ0n) is 19.9. The lowest BCUT2D eigenvalue weighted by atomic mass is 9.84. The normalized spacial score (nSPS) is 21.4. The molecule has 0 radical (unpaired) electrons. The third kappa shape index (κ3) is 6.15.